The first-order valence-electron chi connectivity index (χ1n) is 9.87. The molecule has 0 bridgehead atoms. The summed E-state index contributed by atoms with van der Waals surface area (Å²) in [6.07, 6.45) is 1.91. The van der Waals surface area contributed by atoms with Gasteiger partial charge in [0.25, 0.3) is 0 Å². The molecule has 2 atom stereocenters. The Bertz CT molecular complexity index is 654. The molecule has 7 nitrogen and oxygen atoms in total. The first-order chi connectivity index (χ1) is 12.4. The van der Waals surface area contributed by atoms with E-state index < -0.39 is 21.4 Å². The molecule has 0 saturated carbocycles. The molecule has 156 valence electrons. The van der Waals surface area contributed by atoms with Gasteiger partial charge in [0.05, 0.1) is 17.4 Å². The van der Waals surface area contributed by atoms with Crippen LogP contribution in [0.1, 0.15) is 53.9 Å². The molecule has 0 aromatic rings. The van der Waals surface area contributed by atoms with E-state index in [0.29, 0.717) is 26.1 Å². The van der Waals surface area contributed by atoms with E-state index in [2.05, 4.69) is 0 Å². The summed E-state index contributed by atoms with van der Waals surface area (Å²) < 4.78 is 28.9. The molecule has 2 saturated heterocycles. The lowest BCUT2D eigenvalue weighted by Gasteiger charge is -2.38. The summed E-state index contributed by atoms with van der Waals surface area (Å²) in [6, 6.07) is 0.00547. The van der Waals surface area contributed by atoms with E-state index in [1.165, 1.54) is 0 Å². The molecule has 0 radical (unpaired) electrons. The molecular weight excluding hydrogens is 368 g/mol. The number of hydrogen-bond acceptors (Lipinski definition) is 5. The summed E-state index contributed by atoms with van der Waals surface area (Å²) in [7, 11) is -3.07. The van der Waals surface area contributed by atoms with Crippen LogP contribution >= 0.6 is 0 Å². The SMILES string of the molecule is CC(C)N(CC1CCCN(C(=O)C2CCS(=O)(=O)C2)C1)C(=O)OC(C)(C)C. The Labute approximate surface area is 163 Å². The van der Waals surface area contributed by atoms with Crippen molar-refractivity contribution in [1.82, 2.24) is 9.80 Å². The Balaban J connectivity index is 1.98. The summed E-state index contributed by atoms with van der Waals surface area (Å²) in [6.45, 7) is 11.2. The average Bonchev–Trinajstić information content (AvgIpc) is 2.90. The maximum atomic E-state index is 12.7. The Morgan fingerprint density at radius 1 is 1.22 bits per heavy atom. The zero-order valence-corrected chi connectivity index (χ0v) is 18.0. The standard InChI is InChI=1S/C19H34N2O5S/c1-14(2)21(18(23)26-19(3,4)5)12-15-7-6-9-20(11-15)17(22)16-8-10-27(24,25)13-16/h14-16H,6-13H2,1-5H3. The van der Waals surface area contributed by atoms with E-state index >= 15 is 0 Å². The fourth-order valence-electron chi connectivity index (χ4n) is 3.76. The van der Waals surface area contributed by atoms with Crippen LogP contribution in [0.2, 0.25) is 0 Å². The Morgan fingerprint density at radius 3 is 2.41 bits per heavy atom. The van der Waals surface area contributed by atoms with Gasteiger partial charge in [0, 0.05) is 25.7 Å². The first-order valence-corrected chi connectivity index (χ1v) is 11.7. The minimum absolute atomic E-state index is 0.00547. The largest absolute Gasteiger partial charge is 0.444 e. The number of nitrogens with zero attached hydrogens (tertiary/aromatic N) is 2. The molecule has 2 aliphatic rings. The lowest BCUT2D eigenvalue weighted by atomic mass is 9.95. The van der Waals surface area contributed by atoms with Gasteiger partial charge >= 0.3 is 6.09 Å². The van der Waals surface area contributed by atoms with Crippen LogP contribution in [0, 0.1) is 11.8 Å². The number of piperidine rings is 1. The molecule has 2 heterocycles. The molecule has 8 heteroatoms. The van der Waals surface area contributed by atoms with Crippen molar-refractivity contribution in [3.8, 4) is 0 Å². The highest BCUT2D eigenvalue weighted by Crippen LogP contribution is 2.25. The number of rotatable bonds is 4. The fraction of sp³-hybridized carbons (Fsp3) is 0.895. The molecule has 0 aliphatic carbocycles. The molecule has 2 rings (SSSR count). The monoisotopic (exact) mass is 402 g/mol. The summed E-state index contributed by atoms with van der Waals surface area (Å²) in [5.41, 5.74) is -0.549. The van der Waals surface area contributed by atoms with Gasteiger partial charge in [-0.1, -0.05) is 0 Å². The van der Waals surface area contributed by atoms with Crippen molar-refractivity contribution < 1.29 is 22.7 Å². The number of carbonyl (C=O) groups excluding carboxylic acids is 2. The molecular formula is C19H34N2O5S. The molecule has 0 N–H and O–H groups in total. The average molecular weight is 403 g/mol. The molecule has 0 aromatic heterocycles. The van der Waals surface area contributed by atoms with Crippen molar-refractivity contribution in [3.05, 3.63) is 0 Å². The van der Waals surface area contributed by atoms with Crippen molar-refractivity contribution in [2.24, 2.45) is 11.8 Å². The third-order valence-corrected chi connectivity index (χ3v) is 6.89. The van der Waals surface area contributed by atoms with Crippen LogP contribution in [0.15, 0.2) is 0 Å². The smallest absolute Gasteiger partial charge is 0.410 e. The predicted molar refractivity (Wildman–Crippen MR) is 104 cm³/mol. The first kappa shape index (κ1) is 22.0. The lowest BCUT2D eigenvalue weighted by Crippen LogP contribution is -2.49. The topological polar surface area (TPSA) is 84.0 Å². The highest BCUT2D eigenvalue weighted by molar-refractivity contribution is 7.91. The van der Waals surface area contributed by atoms with Crippen molar-refractivity contribution in [3.63, 3.8) is 0 Å². The maximum Gasteiger partial charge on any atom is 0.410 e. The lowest BCUT2D eigenvalue weighted by molar-refractivity contribution is -0.136. The van der Waals surface area contributed by atoms with E-state index in [0.717, 1.165) is 12.8 Å². The molecule has 0 aromatic carbocycles. The van der Waals surface area contributed by atoms with E-state index in [1.807, 2.05) is 34.6 Å². The van der Waals surface area contributed by atoms with Crippen LogP contribution in [0.5, 0.6) is 0 Å². The van der Waals surface area contributed by atoms with Gasteiger partial charge < -0.3 is 14.5 Å². The second kappa shape index (κ2) is 8.37. The molecule has 2 fully saturated rings. The summed E-state index contributed by atoms with van der Waals surface area (Å²) in [5.74, 6) is -0.186. The van der Waals surface area contributed by atoms with Gasteiger partial charge in [0.15, 0.2) is 9.84 Å². The van der Waals surface area contributed by atoms with Crippen molar-refractivity contribution in [2.45, 2.75) is 65.5 Å². The minimum Gasteiger partial charge on any atom is -0.444 e. The number of carbonyl (C=O) groups is 2. The van der Waals surface area contributed by atoms with Crippen LogP contribution < -0.4 is 0 Å². The zero-order valence-electron chi connectivity index (χ0n) is 17.2. The fourth-order valence-corrected chi connectivity index (χ4v) is 5.49. The van der Waals surface area contributed by atoms with Crippen molar-refractivity contribution in [1.29, 1.82) is 0 Å². The highest BCUT2D eigenvalue weighted by Gasteiger charge is 2.37. The van der Waals surface area contributed by atoms with Gasteiger partial charge in [-0.3, -0.25) is 4.79 Å². The van der Waals surface area contributed by atoms with Crippen LogP contribution in [0.4, 0.5) is 4.79 Å². The third kappa shape index (κ3) is 6.36. The Kier molecular flexibility index (Phi) is 6.81. The van der Waals surface area contributed by atoms with Gasteiger partial charge in [0.2, 0.25) is 5.91 Å². The summed E-state index contributed by atoms with van der Waals surface area (Å²) in [5, 5.41) is 0. The third-order valence-electron chi connectivity index (χ3n) is 5.12. The Hall–Kier alpha value is -1.31. The van der Waals surface area contributed by atoms with E-state index in [9.17, 15) is 18.0 Å². The van der Waals surface area contributed by atoms with Crippen LogP contribution in [-0.2, 0) is 19.4 Å². The maximum absolute atomic E-state index is 12.7. The normalized spacial score (nSPS) is 25.5. The van der Waals surface area contributed by atoms with Gasteiger partial charge in [-0.25, -0.2) is 13.2 Å². The quantitative estimate of drug-likeness (QED) is 0.720. The molecule has 27 heavy (non-hydrogen) atoms. The molecule has 2 unspecified atom stereocenters. The number of hydrogen-bond donors (Lipinski definition) is 0. The van der Waals surface area contributed by atoms with Crippen molar-refractivity contribution in [2.75, 3.05) is 31.1 Å². The summed E-state index contributed by atoms with van der Waals surface area (Å²) >= 11 is 0. The molecule has 2 amide bonds. The van der Waals surface area contributed by atoms with Gasteiger partial charge in [-0.15, -0.1) is 0 Å². The summed E-state index contributed by atoms with van der Waals surface area (Å²) in [4.78, 5) is 28.8. The van der Waals surface area contributed by atoms with Crippen LogP contribution in [-0.4, -0.2) is 73.0 Å². The molecule has 2 aliphatic heterocycles. The Morgan fingerprint density at radius 2 is 1.89 bits per heavy atom. The number of likely N-dealkylation sites (tertiary alicyclic amines) is 1. The van der Waals surface area contributed by atoms with Crippen LogP contribution in [0.3, 0.4) is 0 Å². The minimum atomic E-state index is -3.07. The van der Waals surface area contributed by atoms with Gasteiger partial charge in [-0.05, 0) is 59.8 Å². The van der Waals surface area contributed by atoms with Gasteiger partial charge in [0.1, 0.15) is 5.60 Å². The number of sulfone groups is 1. The predicted octanol–water partition coefficient (Wildman–Crippen LogP) is 2.31. The van der Waals surface area contributed by atoms with E-state index in [4.69, 9.17) is 4.74 Å². The van der Waals surface area contributed by atoms with E-state index in [1.54, 1.807) is 9.80 Å². The van der Waals surface area contributed by atoms with Gasteiger partial charge in [-0.2, -0.15) is 0 Å². The second-order valence-electron chi connectivity index (χ2n) is 9.12. The number of ether oxygens (including phenoxy) is 1. The zero-order chi connectivity index (χ0) is 20.4. The molecule has 0 spiro atoms. The van der Waals surface area contributed by atoms with Crippen molar-refractivity contribution >= 4 is 21.8 Å². The second-order valence-corrected chi connectivity index (χ2v) is 11.3. The number of amides is 2. The highest BCUT2D eigenvalue weighted by atomic mass is 32.2. The van der Waals surface area contributed by atoms with E-state index in [-0.39, 0.29) is 35.5 Å². The van der Waals surface area contributed by atoms with Crippen LogP contribution in [0.25, 0.3) is 0 Å².